The van der Waals surface area contributed by atoms with Crippen LogP contribution in [-0.2, 0) is 25.6 Å². The second-order valence-electron chi connectivity index (χ2n) is 6.59. The highest BCUT2D eigenvalue weighted by Gasteiger charge is 2.38. The van der Waals surface area contributed by atoms with Crippen LogP contribution in [0.4, 0.5) is 0 Å². The fraction of sp³-hybridized carbons (Fsp3) is 0.562. The molecule has 2 aliphatic rings. The van der Waals surface area contributed by atoms with E-state index in [-0.39, 0.29) is 24.7 Å². The maximum Gasteiger partial charge on any atom is 0.246 e. The standard InChI is InChI=1S/C16H22N6O4/c17-14(24)12-2-1-5-22(12)16(26)11(6-9-7-18-8-19-9)21-15(25)10-3-4-13(23)20-10/h7-8,10-12H,1-6H2,(H2,17,24)(H,18,19)(H,20,23)(H,21,25)/t10-,11+,12-/m0/s1. The quantitative estimate of drug-likeness (QED) is 0.470. The highest BCUT2D eigenvalue weighted by atomic mass is 16.2. The monoisotopic (exact) mass is 362 g/mol. The zero-order chi connectivity index (χ0) is 18.7. The average molecular weight is 362 g/mol. The molecule has 1 aromatic heterocycles. The summed E-state index contributed by atoms with van der Waals surface area (Å²) in [4.78, 5) is 56.6. The van der Waals surface area contributed by atoms with Gasteiger partial charge in [0.2, 0.25) is 23.6 Å². The van der Waals surface area contributed by atoms with E-state index < -0.39 is 29.9 Å². The van der Waals surface area contributed by atoms with Crippen molar-refractivity contribution in [3.05, 3.63) is 18.2 Å². The summed E-state index contributed by atoms with van der Waals surface area (Å²) in [5.41, 5.74) is 6.07. The Kier molecular flexibility index (Phi) is 5.19. The summed E-state index contributed by atoms with van der Waals surface area (Å²) < 4.78 is 0. The number of carbonyl (C=O) groups excluding carboxylic acids is 4. The van der Waals surface area contributed by atoms with Crippen LogP contribution in [0.3, 0.4) is 0 Å². The summed E-state index contributed by atoms with van der Waals surface area (Å²) in [6, 6.07) is -2.18. The molecule has 5 N–H and O–H groups in total. The highest BCUT2D eigenvalue weighted by molar-refractivity contribution is 5.95. The molecule has 0 radical (unpaired) electrons. The number of hydrogen-bond donors (Lipinski definition) is 4. The van der Waals surface area contributed by atoms with Gasteiger partial charge in [-0.2, -0.15) is 0 Å². The summed E-state index contributed by atoms with van der Waals surface area (Å²) in [5, 5.41) is 5.29. The van der Waals surface area contributed by atoms with Crippen molar-refractivity contribution in [3.8, 4) is 0 Å². The first kappa shape index (κ1) is 17.9. The van der Waals surface area contributed by atoms with Crippen LogP contribution in [-0.4, -0.2) is 63.2 Å². The van der Waals surface area contributed by atoms with E-state index in [1.54, 1.807) is 6.20 Å². The normalized spacial score (nSPS) is 23.5. The predicted octanol–water partition coefficient (Wildman–Crippen LogP) is -1.81. The van der Waals surface area contributed by atoms with Crippen molar-refractivity contribution in [2.45, 2.75) is 50.2 Å². The van der Waals surface area contributed by atoms with Gasteiger partial charge in [-0.1, -0.05) is 0 Å². The molecule has 10 heteroatoms. The van der Waals surface area contributed by atoms with E-state index in [2.05, 4.69) is 20.6 Å². The van der Waals surface area contributed by atoms with E-state index in [0.717, 1.165) is 0 Å². The van der Waals surface area contributed by atoms with Crippen molar-refractivity contribution in [2.24, 2.45) is 5.73 Å². The van der Waals surface area contributed by atoms with Crippen molar-refractivity contribution in [1.82, 2.24) is 25.5 Å². The first-order valence-electron chi connectivity index (χ1n) is 8.62. The molecule has 4 amide bonds. The Morgan fingerprint density at radius 1 is 1.38 bits per heavy atom. The number of carbonyl (C=O) groups is 4. The van der Waals surface area contributed by atoms with Gasteiger partial charge >= 0.3 is 0 Å². The molecule has 1 aromatic rings. The molecular weight excluding hydrogens is 340 g/mol. The molecule has 0 bridgehead atoms. The summed E-state index contributed by atoms with van der Waals surface area (Å²) in [7, 11) is 0. The Labute approximate surface area is 149 Å². The zero-order valence-electron chi connectivity index (χ0n) is 14.2. The van der Waals surface area contributed by atoms with Crippen LogP contribution in [0.1, 0.15) is 31.4 Å². The third kappa shape index (κ3) is 3.84. The number of aromatic nitrogens is 2. The third-order valence-corrected chi connectivity index (χ3v) is 4.77. The van der Waals surface area contributed by atoms with Crippen LogP contribution in [0.25, 0.3) is 0 Å². The summed E-state index contributed by atoms with van der Waals surface area (Å²) in [6.45, 7) is 0.419. The molecule has 26 heavy (non-hydrogen) atoms. The Morgan fingerprint density at radius 3 is 2.81 bits per heavy atom. The molecule has 3 rings (SSSR count). The Balaban J connectivity index is 1.74. The summed E-state index contributed by atoms with van der Waals surface area (Å²) in [6.07, 6.45) is 5.13. The van der Waals surface area contributed by atoms with E-state index in [1.165, 1.54) is 11.2 Å². The second kappa shape index (κ2) is 7.54. The second-order valence-corrected chi connectivity index (χ2v) is 6.59. The van der Waals surface area contributed by atoms with E-state index in [0.29, 0.717) is 31.5 Å². The molecule has 140 valence electrons. The first-order valence-corrected chi connectivity index (χ1v) is 8.62. The van der Waals surface area contributed by atoms with Crippen molar-refractivity contribution in [1.29, 1.82) is 0 Å². The van der Waals surface area contributed by atoms with Crippen LogP contribution in [0.2, 0.25) is 0 Å². The number of H-pyrrole nitrogens is 1. The Bertz CT molecular complexity index is 704. The number of hydrogen-bond acceptors (Lipinski definition) is 5. The van der Waals surface area contributed by atoms with Crippen LogP contribution in [0.5, 0.6) is 0 Å². The molecule has 10 nitrogen and oxygen atoms in total. The molecule has 0 spiro atoms. The van der Waals surface area contributed by atoms with E-state index in [9.17, 15) is 19.2 Å². The highest BCUT2D eigenvalue weighted by Crippen LogP contribution is 2.19. The van der Waals surface area contributed by atoms with Crippen molar-refractivity contribution >= 4 is 23.6 Å². The minimum Gasteiger partial charge on any atom is -0.368 e. The lowest BCUT2D eigenvalue weighted by Crippen LogP contribution is -2.56. The van der Waals surface area contributed by atoms with Gasteiger partial charge in [-0.25, -0.2) is 4.98 Å². The summed E-state index contributed by atoms with van der Waals surface area (Å²) >= 11 is 0. The molecule has 3 heterocycles. The number of nitrogens with zero attached hydrogens (tertiary/aromatic N) is 2. The number of nitrogens with one attached hydrogen (secondary N) is 3. The number of nitrogens with two attached hydrogens (primary N) is 1. The smallest absolute Gasteiger partial charge is 0.246 e. The van der Waals surface area contributed by atoms with Gasteiger partial charge in [0.15, 0.2) is 0 Å². The van der Waals surface area contributed by atoms with Gasteiger partial charge in [-0.05, 0) is 19.3 Å². The largest absolute Gasteiger partial charge is 0.368 e. The molecule has 2 fully saturated rings. The number of likely N-dealkylation sites (tertiary alicyclic amines) is 1. The van der Waals surface area contributed by atoms with Crippen molar-refractivity contribution in [3.63, 3.8) is 0 Å². The van der Waals surface area contributed by atoms with Crippen molar-refractivity contribution in [2.75, 3.05) is 6.54 Å². The molecule has 2 aliphatic heterocycles. The third-order valence-electron chi connectivity index (χ3n) is 4.77. The van der Waals surface area contributed by atoms with Crippen LogP contribution in [0.15, 0.2) is 12.5 Å². The average Bonchev–Trinajstić information content (AvgIpc) is 3.34. The molecule has 0 unspecified atom stereocenters. The van der Waals surface area contributed by atoms with Gasteiger partial charge in [-0.3, -0.25) is 19.2 Å². The van der Waals surface area contributed by atoms with Gasteiger partial charge in [0.05, 0.1) is 6.33 Å². The van der Waals surface area contributed by atoms with Crippen molar-refractivity contribution < 1.29 is 19.2 Å². The molecule has 0 aliphatic carbocycles. The number of aromatic amines is 1. The number of amides is 4. The molecule has 2 saturated heterocycles. The number of imidazole rings is 1. The van der Waals surface area contributed by atoms with Gasteiger partial charge in [-0.15, -0.1) is 0 Å². The fourth-order valence-electron chi connectivity index (χ4n) is 3.43. The maximum atomic E-state index is 13.0. The molecular formula is C16H22N6O4. The van der Waals surface area contributed by atoms with E-state index in [1.807, 2.05) is 0 Å². The lowest BCUT2D eigenvalue weighted by atomic mass is 10.1. The lowest BCUT2D eigenvalue weighted by Gasteiger charge is -2.28. The predicted molar refractivity (Wildman–Crippen MR) is 89.3 cm³/mol. The van der Waals surface area contributed by atoms with Crippen LogP contribution in [0, 0.1) is 0 Å². The lowest BCUT2D eigenvalue weighted by molar-refractivity contribution is -0.140. The van der Waals surface area contributed by atoms with E-state index in [4.69, 9.17) is 5.73 Å². The van der Waals surface area contributed by atoms with Gasteiger partial charge in [0, 0.05) is 31.3 Å². The molecule has 0 aromatic carbocycles. The maximum absolute atomic E-state index is 13.0. The minimum atomic E-state index is -0.875. The van der Waals surface area contributed by atoms with Gasteiger partial charge in [0.25, 0.3) is 0 Å². The summed E-state index contributed by atoms with van der Waals surface area (Å²) in [5.74, 6) is -1.51. The van der Waals surface area contributed by atoms with Gasteiger partial charge in [0.1, 0.15) is 18.1 Å². The van der Waals surface area contributed by atoms with Gasteiger partial charge < -0.3 is 26.3 Å². The SMILES string of the molecule is NC(=O)[C@@H]1CCCN1C(=O)[C@@H](Cc1cnc[nH]1)NC(=O)[C@@H]1CCC(=O)N1. The van der Waals surface area contributed by atoms with Crippen LogP contribution >= 0.6 is 0 Å². The number of rotatable bonds is 6. The fourth-order valence-corrected chi connectivity index (χ4v) is 3.43. The van der Waals surface area contributed by atoms with E-state index >= 15 is 0 Å². The number of primary amides is 1. The Morgan fingerprint density at radius 2 is 2.19 bits per heavy atom. The topological polar surface area (TPSA) is 150 Å². The van der Waals surface area contributed by atoms with Crippen LogP contribution < -0.4 is 16.4 Å². The molecule has 3 atom stereocenters. The Hall–Kier alpha value is -2.91. The molecule has 0 saturated carbocycles. The minimum absolute atomic E-state index is 0.185. The first-order chi connectivity index (χ1) is 12.5. The zero-order valence-corrected chi connectivity index (χ0v) is 14.2.